The van der Waals surface area contributed by atoms with Crippen molar-refractivity contribution >= 4 is 11.6 Å². The van der Waals surface area contributed by atoms with Crippen LogP contribution in [0.5, 0.6) is 0 Å². The summed E-state index contributed by atoms with van der Waals surface area (Å²) in [5, 5.41) is 11.4. The lowest BCUT2D eigenvalue weighted by Crippen LogP contribution is -2.12. The first-order valence-electron chi connectivity index (χ1n) is 6.37. The molecular weight excluding hydrogens is 269 g/mol. The van der Waals surface area contributed by atoms with Gasteiger partial charge >= 0.3 is 0 Å². The van der Waals surface area contributed by atoms with E-state index in [1.54, 1.807) is 12.1 Å². The molecule has 2 rings (SSSR count). The topological polar surface area (TPSA) is 49.3 Å². The van der Waals surface area contributed by atoms with Gasteiger partial charge in [0, 0.05) is 16.8 Å². The van der Waals surface area contributed by atoms with Crippen molar-refractivity contribution in [3.63, 3.8) is 0 Å². The lowest BCUT2D eigenvalue weighted by atomic mass is 10.1. The second-order valence-electron chi connectivity index (χ2n) is 4.51. The van der Waals surface area contributed by atoms with Crippen LogP contribution in [0.3, 0.4) is 0 Å². The van der Waals surface area contributed by atoms with Crippen molar-refractivity contribution in [1.82, 2.24) is 0 Å². The molecule has 21 heavy (non-hydrogen) atoms. The molecular formula is C17H14FNO2. The lowest BCUT2D eigenvalue weighted by molar-refractivity contribution is 0.102. The van der Waals surface area contributed by atoms with Crippen LogP contribution in [0.15, 0.2) is 42.5 Å². The molecule has 0 fully saturated rings. The van der Waals surface area contributed by atoms with Crippen molar-refractivity contribution in [2.75, 3.05) is 11.9 Å². The van der Waals surface area contributed by atoms with Crippen molar-refractivity contribution in [1.29, 1.82) is 0 Å². The molecule has 0 aliphatic rings. The van der Waals surface area contributed by atoms with Crippen molar-refractivity contribution in [2.45, 2.75) is 6.92 Å². The first-order chi connectivity index (χ1) is 10.1. The molecule has 0 aromatic heterocycles. The van der Waals surface area contributed by atoms with Crippen LogP contribution in [0.2, 0.25) is 0 Å². The van der Waals surface area contributed by atoms with E-state index in [2.05, 4.69) is 17.2 Å². The molecule has 1 amide bonds. The molecule has 2 aromatic carbocycles. The number of aryl methyl sites for hydroxylation is 1. The quantitative estimate of drug-likeness (QED) is 0.833. The number of rotatable bonds is 2. The summed E-state index contributed by atoms with van der Waals surface area (Å²) in [6.45, 7) is 1.63. The van der Waals surface area contributed by atoms with E-state index in [-0.39, 0.29) is 18.3 Å². The minimum absolute atomic E-state index is 0.231. The summed E-state index contributed by atoms with van der Waals surface area (Å²) in [7, 11) is 0. The molecule has 3 nitrogen and oxygen atoms in total. The number of aliphatic hydroxyl groups is 1. The molecule has 0 heterocycles. The fourth-order valence-corrected chi connectivity index (χ4v) is 1.86. The number of carbonyl (C=O) groups is 1. The second-order valence-corrected chi connectivity index (χ2v) is 4.51. The van der Waals surface area contributed by atoms with E-state index in [0.717, 1.165) is 5.56 Å². The van der Waals surface area contributed by atoms with Gasteiger partial charge in [0.2, 0.25) is 0 Å². The fraction of sp³-hybridized carbons (Fsp3) is 0.118. The lowest BCUT2D eigenvalue weighted by Gasteiger charge is -2.07. The predicted molar refractivity (Wildman–Crippen MR) is 79.5 cm³/mol. The summed E-state index contributed by atoms with van der Waals surface area (Å²) in [4.78, 5) is 12.2. The molecule has 4 heteroatoms. The average Bonchev–Trinajstić information content (AvgIpc) is 2.47. The first kappa shape index (κ1) is 14.8. The molecule has 0 radical (unpaired) electrons. The third kappa shape index (κ3) is 4.16. The van der Waals surface area contributed by atoms with E-state index in [1.165, 1.54) is 24.3 Å². The summed E-state index contributed by atoms with van der Waals surface area (Å²) >= 11 is 0. The SMILES string of the molecule is Cc1cc(C#CCO)cc(C(=O)Nc2ccc(F)cc2)c1. The zero-order chi connectivity index (χ0) is 15.2. The second kappa shape index (κ2) is 6.69. The van der Waals surface area contributed by atoms with E-state index in [0.29, 0.717) is 16.8 Å². The van der Waals surface area contributed by atoms with Gasteiger partial charge in [-0.15, -0.1) is 0 Å². The molecule has 0 aliphatic heterocycles. The van der Waals surface area contributed by atoms with Crippen LogP contribution in [0.4, 0.5) is 10.1 Å². The number of hydrogen-bond acceptors (Lipinski definition) is 2. The highest BCUT2D eigenvalue weighted by atomic mass is 19.1. The zero-order valence-electron chi connectivity index (χ0n) is 11.5. The Balaban J connectivity index is 2.22. The largest absolute Gasteiger partial charge is 0.384 e. The molecule has 0 aliphatic carbocycles. The normalized spacial score (nSPS) is 9.67. The molecule has 0 unspecified atom stereocenters. The Morgan fingerprint density at radius 3 is 2.62 bits per heavy atom. The van der Waals surface area contributed by atoms with Gasteiger partial charge in [-0.2, -0.15) is 0 Å². The van der Waals surface area contributed by atoms with Gasteiger partial charge in [-0.3, -0.25) is 4.79 Å². The molecule has 0 bridgehead atoms. The number of anilines is 1. The van der Waals surface area contributed by atoms with E-state index in [4.69, 9.17) is 5.11 Å². The van der Waals surface area contributed by atoms with Gasteiger partial charge in [-0.1, -0.05) is 11.8 Å². The Bertz CT molecular complexity index is 712. The number of nitrogens with one attached hydrogen (secondary N) is 1. The Hall–Kier alpha value is -2.64. The number of halogens is 1. The van der Waals surface area contributed by atoms with Gasteiger partial charge in [0.1, 0.15) is 12.4 Å². The Morgan fingerprint density at radius 1 is 1.24 bits per heavy atom. The summed E-state index contributed by atoms with van der Waals surface area (Å²) in [5.41, 5.74) is 2.53. The average molecular weight is 283 g/mol. The van der Waals surface area contributed by atoms with E-state index >= 15 is 0 Å². The van der Waals surface area contributed by atoms with E-state index < -0.39 is 0 Å². The number of carbonyl (C=O) groups excluding carboxylic acids is 1. The minimum Gasteiger partial charge on any atom is -0.384 e. The summed E-state index contributed by atoms with van der Waals surface area (Å²) in [5.74, 6) is 4.67. The maximum atomic E-state index is 12.8. The van der Waals surface area contributed by atoms with Gasteiger partial charge in [-0.25, -0.2) is 4.39 Å². The molecule has 106 valence electrons. The van der Waals surface area contributed by atoms with Gasteiger partial charge in [-0.05, 0) is 55.0 Å². The Morgan fingerprint density at radius 2 is 1.95 bits per heavy atom. The highest BCUT2D eigenvalue weighted by Crippen LogP contribution is 2.13. The van der Waals surface area contributed by atoms with Gasteiger partial charge in [0.15, 0.2) is 0 Å². The number of benzene rings is 2. The van der Waals surface area contributed by atoms with Crippen LogP contribution in [-0.2, 0) is 0 Å². The van der Waals surface area contributed by atoms with Crippen LogP contribution in [0, 0.1) is 24.6 Å². The van der Waals surface area contributed by atoms with Crippen LogP contribution < -0.4 is 5.32 Å². The molecule has 2 N–H and O–H groups in total. The smallest absolute Gasteiger partial charge is 0.255 e. The van der Waals surface area contributed by atoms with Crippen LogP contribution >= 0.6 is 0 Å². The first-order valence-corrected chi connectivity index (χ1v) is 6.37. The Kier molecular flexibility index (Phi) is 4.70. The van der Waals surface area contributed by atoms with Crippen LogP contribution in [0.1, 0.15) is 21.5 Å². The van der Waals surface area contributed by atoms with Crippen molar-refractivity contribution in [3.05, 3.63) is 65.0 Å². The standard InChI is InChI=1S/C17H14FNO2/c1-12-9-13(3-2-8-20)11-14(10-12)17(21)19-16-6-4-15(18)5-7-16/h4-7,9-11,20H,8H2,1H3,(H,19,21). The van der Waals surface area contributed by atoms with E-state index in [1.807, 2.05) is 13.0 Å². The zero-order valence-corrected chi connectivity index (χ0v) is 11.5. The van der Waals surface area contributed by atoms with Crippen LogP contribution in [-0.4, -0.2) is 17.6 Å². The highest BCUT2D eigenvalue weighted by Gasteiger charge is 2.07. The highest BCUT2D eigenvalue weighted by molar-refractivity contribution is 6.04. The third-order valence-corrected chi connectivity index (χ3v) is 2.75. The number of amides is 1. The van der Waals surface area contributed by atoms with Crippen LogP contribution in [0.25, 0.3) is 0 Å². The maximum absolute atomic E-state index is 12.8. The molecule has 0 saturated heterocycles. The number of aliphatic hydroxyl groups excluding tert-OH is 1. The van der Waals surface area contributed by atoms with Gasteiger partial charge < -0.3 is 10.4 Å². The van der Waals surface area contributed by atoms with Crippen molar-refractivity contribution in [3.8, 4) is 11.8 Å². The maximum Gasteiger partial charge on any atom is 0.255 e. The third-order valence-electron chi connectivity index (χ3n) is 2.75. The van der Waals surface area contributed by atoms with Gasteiger partial charge in [0.25, 0.3) is 5.91 Å². The molecule has 0 atom stereocenters. The number of hydrogen-bond donors (Lipinski definition) is 2. The van der Waals surface area contributed by atoms with Gasteiger partial charge in [0.05, 0.1) is 0 Å². The Labute approximate surface area is 122 Å². The van der Waals surface area contributed by atoms with Crippen molar-refractivity contribution in [2.24, 2.45) is 0 Å². The summed E-state index contributed by atoms with van der Waals surface area (Å²) in [6.07, 6.45) is 0. The predicted octanol–water partition coefficient (Wildman–Crippen LogP) is 2.73. The monoisotopic (exact) mass is 283 g/mol. The summed E-state index contributed by atoms with van der Waals surface area (Å²) < 4.78 is 12.8. The molecule has 0 spiro atoms. The fourth-order valence-electron chi connectivity index (χ4n) is 1.86. The molecule has 0 saturated carbocycles. The minimum atomic E-state index is -0.356. The molecule has 2 aromatic rings. The van der Waals surface area contributed by atoms with E-state index in [9.17, 15) is 9.18 Å². The summed E-state index contributed by atoms with van der Waals surface area (Å²) in [6, 6.07) is 10.8. The van der Waals surface area contributed by atoms with Crippen molar-refractivity contribution < 1.29 is 14.3 Å².